The summed E-state index contributed by atoms with van der Waals surface area (Å²) >= 11 is 0. The molecule has 0 amide bonds. The lowest BCUT2D eigenvalue weighted by Gasteiger charge is -2.33. The zero-order valence-corrected chi connectivity index (χ0v) is 11.9. The number of nitrogens with zero attached hydrogens (tertiary/aromatic N) is 2. The molecular weight excluding hydrogens is 234 g/mol. The third-order valence-corrected chi connectivity index (χ3v) is 4.54. The molecule has 3 heteroatoms. The van der Waals surface area contributed by atoms with Crippen molar-refractivity contribution in [2.75, 3.05) is 7.05 Å². The lowest BCUT2D eigenvalue weighted by molar-refractivity contribution is 0.233. The molecule has 102 valence electrons. The van der Waals surface area contributed by atoms with E-state index in [-0.39, 0.29) is 0 Å². The fourth-order valence-corrected chi connectivity index (χ4v) is 3.18. The van der Waals surface area contributed by atoms with Crippen LogP contribution in [0.2, 0.25) is 0 Å². The Morgan fingerprint density at radius 2 is 2.16 bits per heavy atom. The summed E-state index contributed by atoms with van der Waals surface area (Å²) in [6.45, 7) is 3.20. The molecule has 1 heterocycles. The van der Waals surface area contributed by atoms with Crippen molar-refractivity contribution >= 4 is 11.0 Å². The van der Waals surface area contributed by atoms with Gasteiger partial charge in [-0.15, -0.1) is 0 Å². The predicted molar refractivity (Wildman–Crippen MR) is 79.3 cm³/mol. The molecule has 3 nitrogen and oxygen atoms in total. The third-order valence-electron chi connectivity index (χ3n) is 4.54. The fourth-order valence-electron chi connectivity index (χ4n) is 3.18. The first-order valence-electron chi connectivity index (χ1n) is 7.45. The maximum Gasteiger partial charge on any atom is 0.111 e. The van der Waals surface area contributed by atoms with Crippen LogP contribution in [0.4, 0.5) is 0 Å². The molecule has 0 spiro atoms. The number of nitrogens with one attached hydrogen (secondary N) is 1. The summed E-state index contributed by atoms with van der Waals surface area (Å²) in [5, 5.41) is 3.49. The monoisotopic (exact) mass is 257 g/mol. The highest BCUT2D eigenvalue weighted by molar-refractivity contribution is 5.75. The second-order valence-corrected chi connectivity index (χ2v) is 5.55. The SMILES string of the molecule is CCn1c(CC(NC)C2CCC2)nc2ccccc21. The molecule has 3 rings (SSSR count). The number of imidazole rings is 1. The van der Waals surface area contributed by atoms with Crippen LogP contribution in [0.5, 0.6) is 0 Å². The molecule has 1 aliphatic rings. The van der Waals surface area contributed by atoms with Crippen molar-refractivity contribution in [3.63, 3.8) is 0 Å². The van der Waals surface area contributed by atoms with Gasteiger partial charge in [0.2, 0.25) is 0 Å². The highest BCUT2D eigenvalue weighted by Crippen LogP contribution is 2.31. The Kier molecular flexibility index (Phi) is 3.56. The van der Waals surface area contributed by atoms with E-state index < -0.39 is 0 Å². The molecule has 1 fully saturated rings. The minimum Gasteiger partial charge on any atom is -0.328 e. The van der Waals surface area contributed by atoms with E-state index in [9.17, 15) is 0 Å². The highest BCUT2D eigenvalue weighted by Gasteiger charge is 2.27. The molecule has 1 unspecified atom stereocenters. The Hall–Kier alpha value is -1.35. The summed E-state index contributed by atoms with van der Waals surface area (Å²) in [5.74, 6) is 2.07. The van der Waals surface area contributed by atoms with E-state index in [1.165, 1.54) is 30.6 Å². The molecule has 1 aliphatic carbocycles. The average molecular weight is 257 g/mol. The van der Waals surface area contributed by atoms with Crippen LogP contribution in [0.1, 0.15) is 32.0 Å². The third kappa shape index (κ3) is 2.27. The molecule has 1 N–H and O–H groups in total. The molecule has 1 aromatic carbocycles. The van der Waals surface area contributed by atoms with Gasteiger partial charge >= 0.3 is 0 Å². The van der Waals surface area contributed by atoms with Gasteiger partial charge in [-0.3, -0.25) is 0 Å². The normalized spacial score (nSPS) is 17.6. The number of aromatic nitrogens is 2. The van der Waals surface area contributed by atoms with Crippen LogP contribution in [-0.4, -0.2) is 22.6 Å². The van der Waals surface area contributed by atoms with Gasteiger partial charge in [-0.25, -0.2) is 4.98 Å². The van der Waals surface area contributed by atoms with Crippen molar-refractivity contribution in [2.24, 2.45) is 5.92 Å². The predicted octanol–water partition coefficient (Wildman–Crippen LogP) is 2.99. The first-order valence-corrected chi connectivity index (χ1v) is 7.45. The van der Waals surface area contributed by atoms with Gasteiger partial charge in [-0.05, 0) is 44.9 Å². The lowest BCUT2D eigenvalue weighted by Crippen LogP contribution is -2.39. The number of benzene rings is 1. The summed E-state index contributed by atoms with van der Waals surface area (Å²) in [7, 11) is 2.09. The van der Waals surface area contributed by atoms with Crippen LogP contribution in [0.25, 0.3) is 11.0 Å². The zero-order valence-electron chi connectivity index (χ0n) is 11.9. The molecule has 1 aromatic heterocycles. The largest absolute Gasteiger partial charge is 0.328 e. The van der Waals surface area contributed by atoms with Gasteiger partial charge in [0.25, 0.3) is 0 Å². The van der Waals surface area contributed by atoms with Gasteiger partial charge in [0.1, 0.15) is 5.82 Å². The van der Waals surface area contributed by atoms with E-state index in [4.69, 9.17) is 4.98 Å². The molecule has 19 heavy (non-hydrogen) atoms. The van der Waals surface area contributed by atoms with Crippen LogP contribution >= 0.6 is 0 Å². The van der Waals surface area contributed by atoms with Crippen molar-refractivity contribution in [3.8, 4) is 0 Å². The number of rotatable bonds is 5. The molecule has 0 aliphatic heterocycles. The van der Waals surface area contributed by atoms with Crippen molar-refractivity contribution < 1.29 is 0 Å². The Labute approximate surface area is 115 Å². The Morgan fingerprint density at radius 3 is 2.79 bits per heavy atom. The van der Waals surface area contributed by atoms with Gasteiger partial charge in [0.05, 0.1) is 11.0 Å². The van der Waals surface area contributed by atoms with E-state index in [1.54, 1.807) is 0 Å². The van der Waals surface area contributed by atoms with E-state index in [1.807, 2.05) is 0 Å². The molecule has 0 saturated heterocycles. The summed E-state index contributed by atoms with van der Waals surface area (Å²) < 4.78 is 2.36. The number of fused-ring (bicyclic) bond motifs is 1. The maximum absolute atomic E-state index is 4.84. The van der Waals surface area contributed by atoms with E-state index in [2.05, 4.69) is 48.1 Å². The van der Waals surface area contributed by atoms with Crippen LogP contribution in [-0.2, 0) is 13.0 Å². The summed E-state index contributed by atoms with van der Waals surface area (Å²) in [4.78, 5) is 4.84. The molecule has 1 saturated carbocycles. The van der Waals surface area contributed by atoms with Crippen molar-refractivity contribution in [3.05, 3.63) is 30.1 Å². The number of hydrogen-bond acceptors (Lipinski definition) is 2. The van der Waals surface area contributed by atoms with Gasteiger partial charge in [-0.1, -0.05) is 18.6 Å². The van der Waals surface area contributed by atoms with E-state index in [0.29, 0.717) is 6.04 Å². The molecular formula is C16H23N3. The van der Waals surface area contributed by atoms with Crippen LogP contribution in [0, 0.1) is 5.92 Å². The van der Waals surface area contributed by atoms with E-state index >= 15 is 0 Å². The van der Waals surface area contributed by atoms with Gasteiger partial charge in [-0.2, -0.15) is 0 Å². The van der Waals surface area contributed by atoms with Gasteiger partial charge in [0.15, 0.2) is 0 Å². The van der Waals surface area contributed by atoms with Crippen LogP contribution < -0.4 is 5.32 Å². The highest BCUT2D eigenvalue weighted by atomic mass is 15.1. The Bertz CT molecular complexity index is 554. The minimum absolute atomic E-state index is 0.580. The fraction of sp³-hybridized carbons (Fsp3) is 0.562. The van der Waals surface area contributed by atoms with Crippen molar-refractivity contribution in [2.45, 2.75) is 45.2 Å². The second-order valence-electron chi connectivity index (χ2n) is 5.55. The summed E-state index contributed by atoms with van der Waals surface area (Å²) in [6, 6.07) is 9.04. The molecule has 1 atom stereocenters. The number of hydrogen-bond donors (Lipinski definition) is 1. The first-order chi connectivity index (χ1) is 9.33. The lowest BCUT2D eigenvalue weighted by atomic mass is 9.78. The first kappa shape index (κ1) is 12.7. The smallest absolute Gasteiger partial charge is 0.111 e. The minimum atomic E-state index is 0.580. The molecule has 0 radical (unpaired) electrons. The summed E-state index contributed by atoms with van der Waals surface area (Å²) in [5.41, 5.74) is 2.39. The molecule has 2 aromatic rings. The standard InChI is InChI=1S/C16H23N3/c1-3-19-15-10-5-4-9-13(15)18-16(19)11-14(17-2)12-7-6-8-12/h4-5,9-10,12,14,17H,3,6-8,11H2,1-2H3. The number of likely N-dealkylation sites (N-methyl/N-ethyl adjacent to an activating group) is 1. The quantitative estimate of drug-likeness (QED) is 0.892. The number of para-hydroxylation sites is 2. The van der Waals surface area contributed by atoms with Crippen LogP contribution in [0.3, 0.4) is 0 Å². The van der Waals surface area contributed by atoms with Gasteiger partial charge in [0, 0.05) is 19.0 Å². The zero-order chi connectivity index (χ0) is 13.2. The Morgan fingerprint density at radius 1 is 1.37 bits per heavy atom. The Balaban J connectivity index is 1.90. The number of aryl methyl sites for hydroxylation is 1. The van der Waals surface area contributed by atoms with Crippen molar-refractivity contribution in [1.82, 2.24) is 14.9 Å². The second kappa shape index (κ2) is 5.33. The topological polar surface area (TPSA) is 29.9 Å². The van der Waals surface area contributed by atoms with Crippen molar-refractivity contribution in [1.29, 1.82) is 0 Å². The molecule has 0 bridgehead atoms. The van der Waals surface area contributed by atoms with Gasteiger partial charge < -0.3 is 9.88 Å². The van der Waals surface area contributed by atoms with Crippen LogP contribution in [0.15, 0.2) is 24.3 Å². The summed E-state index contributed by atoms with van der Waals surface area (Å²) in [6.07, 6.45) is 5.19. The average Bonchev–Trinajstić information content (AvgIpc) is 2.72. The maximum atomic E-state index is 4.84. The van der Waals surface area contributed by atoms with E-state index in [0.717, 1.165) is 24.4 Å².